The zero-order chi connectivity index (χ0) is 20.6. The fourth-order valence-corrected chi connectivity index (χ4v) is 5.17. The van der Waals surface area contributed by atoms with Crippen molar-refractivity contribution >= 4 is 20.9 Å². The van der Waals surface area contributed by atoms with Gasteiger partial charge in [-0.2, -0.15) is 0 Å². The number of nitrogens with one attached hydrogen (secondary N) is 1. The molecule has 4 rings (SSSR count). The summed E-state index contributed by atoms with van der Waals surface area (Å²) in [5.41, 5.74) is 0.379. The first-order chi connectivity index (χ1) is 13.9. The van der Waals surface area contributed by atoms with Crippen molar-refractivity contribution in [3.63, 3.8) is 0 Å². The Morgan fingerprint density at radius 1 is 1.03 bits per heavy atom. The Balaban J connectivity index is 1.88. The van der Waals surface area contributed by atoms with Crippen LogP contribution in [0.4, 0.5) is 13.2 Å². The lowest BCUT2D eigenvalue weighted by molar-refractivity contribution is 0.153. The smallest absolute Gasteiger partial charge is 0.271 e. The second kappa shape index (κ2) is 7.81. The Labute approximate surface area is 166 Å². The van der Waals surface area contributed by atoms with Gasteiger partial charge in [-0.1, -0.05) is 24.3 Å². The monoisotopic (exact) mass is 423 g/mol. The Bertz CT molecular complexity index is 1140. The van der Waals surface area contributed by atoms with Crippen LogP contribution in [-0.2, 0) is 16.6 Å². The van der Waals surface area contributed by atoms with Gasteiger partial charge < -0.3 is 5.32 Å². The molecule has 0 saturated carbocycles. The highest BCUT2D eigenvalue weighted by molar-refractivity contribution is 7.90. The van der Waals surface area contributed by atoms with E-state index >= 15 is 0 Å². The maximum atomic E-state index is 14.2. The lowest BCUT2D eigenvalue weighted by Crippen LogP contribution is -2.42. The predicted molar refractivity (Wildman–Crippen MR) is 104 cm³/mol. The third-order valence-electron chi connectivity index (χ3n) is 5.12. The fraction of sp³-hybridized carbons (Fsp3) is 0.300. The van der Waals surface area contributed by atoms with E-state index in [4.69, 9.17) is 0 Å². The molecule has 0 bridgehead atoms. The molecule has 9 heteroatoms. The number of nitrogens with zero attached hydrogens (tertiary/aromatic N) is 2. The average Bonchev–Trinajstić information content (AvgIpc) is 3.11. The van der Waals surface area contributed by atoms with E-state index in [1.807, 2.05) is 0 Å². The van der Waals surface area contributed by atoms with Crippen LogP contribution in [0.25, 0.3) is 10.9 Å². The lowest BCUT2D eigenvalue weighted by Gasteiger charge is -2.27. The van der Waals surface area contributed by atoms with Gasteiger partial charge in [-0.3, -0.25) is 4.90 Å². The summed E-state index contributed by atoms with van der Waals surface area (Å²) in [4.78, 5) is 1.58. The molecular formula is C20H20F3N3O2S. The number of rotatable bonds is 5. The van der Waals surface area contributed by atoms with E-state index < -0.39 is 27.2 Å². The molecule has 5 nitrogen and oxygen atoms in total. The summed E-state index contributed by atoms with van der Waals surface area (Å²) in [6.07, 6.45) is -1.95. The van der Waals surface area contributed by atoms with Gasteiger partial charge in [-0.15, -0.1) is 0 Å². The number of aromatic nitrogens is 1. The molecule has 0 aliphatic carbocycles. The Kier molecular flexibility index (Phi) is 5.37. The molecule has 1 aliphatic rings. The van der Waals surface area contributed by atoms with Gasteiger partial charge in [0, 0.05) is 49.9 Å². The van der Waals surface area contributed by atoms with Crippen molar-refractivity contribution in [2.75, 3.05) is 26.2 Å². The van der Waals surface area contributed by atoms with E-state index in [1.54, 1.807) is 12.1 Å². The minimum Gasteiger partial charge on any atom is -0.314 e. The maximum absolute atomic E-state index is 14.2. The topological polar surface area (TPSA) is 54.3 Å². The zero-order valence-electron chi connectivity index (χ0n) is 15.5. The van der Waals surface area contributed by atoms with Crippen LogP contribution in [0.5, 0.6) is 0 Å². The highest BCUT2D eigenvalue weighted by atomic mass is 32.2. The van der Waals surface area contributed by atoms with Crippen molar-refractivity contribution in [1.82, 2.24) is 14.2 Å². The fourth-order valence-electron chi connectivity index (χ4n) is 3.73. The molecule has 1 fully saturated rings. The van der Waals surface area contributed by atoms with Crippen LogP contribution in [0, 0.1) is 5.82 Å². The van der Waals surface area contributed by atoms with E-state index in [-0.39, 0.29) is 16.5 Å². The third-order valence-corrected chi connectivity index (χ3v) is 6.83. The Morgan fingerprint density at radius 3 is 2.45 bits per heavy atom. The first-order valence-corrected chi connectivity index (χ1v) is 10.7. The quantitative estimate of drug-likeness (QED) is 0.684. The highest BCUT2D eigenvalue weighted by Gasteiger charge is 2.28. The van der Waals surface area contributed by atoms with Crippen LogP contribution < -0.4 is 5.32 Å². The van der Waals surface area contributed by atoms with Gasteiger partial charge in [0.2, 0.25) is 0 Å². The normalized spacial score (nSPS) is 16.0. The van der Waals surface area contributed by atoms with Crippen LogP contribution >= 0.6 is 0 Å². The number of benzene rings is 2. The summed E-state index contributed by atoms with van der Waals surface area (Å²) in [7, 11) is -4.37. The Morgan fingerprint density at radius 2 is 1.76 bits per heavy atom. The van der Waals surface area contributed by atoms with Gasteiger partial charge in [0.15, 0.2) is 0 Å². The van der Waals surface area contributed by atoms with Crippen LogP contribution in [0.15, 0.2) is 53.6 Å². The molecule has 0 radical (unpaired) electrons. The number of halogens is 3. The van der Waals surface area contributed by atoms with Gasteiger partial charge in [0.05, 0.1) is 5.52 Å². The minimum atomic E-state index is -4.37. The van der Waals surface area contributed by atoms with Crippen molar-refractivity contribution in [2.45, 2.75) is 17.9 Å². The predicted octanol–water partition coefficient (Wildman–Crippen LogP) is 3.36. The summed E-state index contributed by atoms with van der Waals surface area (Å²) >= 11 is 0. The van der Waals surface area contributed by atoms with Crippen LogP contribution in [0.2, 0.25) is 0 Å². The summed E-state index contributed by atoms with van der Waals surface area (Å²) in [5.74, 6) is -0.926. The van der Waals surface area contributed by atoms with Gasteiger partial charge in [0.25, 0.3) is 16.4 Å². The summed E-state index contributed by atoms with van der Waals surface area (Å²) in [6, 6.07) is 9.77. The largest absolute Gasteiger partial charge is 0.314 e. The van der Waals surface area contributed by atoms with Crippen molar-refractivity contribution in [1.29, 1.82) is 0 Å². The van der Waals surface area contributed by atoms with E-state index in [0.29, 0.717) is 12.1 Å². The van der Waals surface area contributed by atoms with E-state index in [9.17, 15) is 21.6 Å². The third kappa shape index (κ3) is 3.65. The number of hydrogen-bond acceptors (Lipinski definition) is 4. The molecule has 1 aromatic heterocycles. The first-order valence-electron chi connectivity index (χ1n) is 9.24. The molecule has 2 heterocycles. The first kappa shape index (κ1) is 19.9. The van der Waals surface area contributed by atoms with Crippen molar-refractivity contribution in [3.8, 4) is 0 Å². The second-order valence-corrected chi connectivity index (χ2v) is 8.74. The summed E-state index contributed by atoms with van der Waals surface area (Å²) in [6.45, 7) is 3.59. The second-order valence-electron chi connectivity index (χ2n) is 6.95. The molecule has 0 unspecified atom stereocenters. The van der Waals surface area contributed by atoms with E-state index in [2.05, 4.69) is 10.2 Å². The van der Waals surface area contributed by atoms with E-state index in [1.165, 1.54) is 18.2 Å². The molecule has 29 heavy (non-hydrogen) atoms. The van der Waals surface area contributed by atoms with Gasteiger partial charge in [-0.25, -0.2) is 25.6 Å². The molecule has 0 amide bonds. The molecule has 0 atom stereocenters. The molecule has 3 aromatic rings. The van der Waals surface area contributed by atoms with E-state index in [0.717, 1.165) is 48.5 Å². The molecule has 0 spiro atoms. The van der Waals surface area contributed by atoms with Crippen molar-refractivity contribution in [2.24, 2.45) is 0 Å². The molecule has 1 aliphatic heterocycles. The van der Waals surface area contributed by atoms with Gasteiger partial charge in [0.1, 0.15) is 10.7 Å². The standard InChI is InChI=1S/C20H20F3N3O2S/c21-16-5-1-2-7-18(16)29(27,28)26-13-15(20(22)23)19-14(4-3-6-17(19)26)12-25-10-8-24-9-11-25/h1-7,13,20,24H,8-12H2. The van der Waals surface area contributed by atoms with Crippen molar-refractivity contribution < 1.29 is 21.6 Å². The summed E-state index contributed by atoms with van der Waals surface area (Å²) < 4.78 is 68.7. The molecule has 1 N–H and O–H groups in total. The summed E-state index contributed by atoms with van der Waals surface area (Å²) in [5, 5.41) is 3.44. The van der Waals surface area contributed by atoms with Gasteiger partial charge >= 0.3 is 0 Å². The number of hydrogen-bond donors (Lipinski definition) is 1. The number of piperazine rings is 1. The average molecular weight is 423 g/mol. The molecule has 154 valence electrons. The number of fused-ring (bicyclic) bond motifs is 1. The maximum Gasteiger partial charge on any atom is 0.271 e. The van der Waals surface area contributed by atoms with Crippen LogP contribution in [0.3, 0.4) is 0 Å². The SMILES string of the molecule is O=S(=O)(c1ccccc1F)n1cc(C(F)F)c2c(CN3CCNCC3)cccc21. The molecule has 2 aromatic carbocycles. The number of alkyl halides is 2. The minimum absolute atomic E-state index is 0.121. The molecular weight excluding hydrogens is 403 g/mol. The Hall–Kier alpha value is -2.36. The van der Waals surface area contributed by atoms with Crippen LogP contribution in [0.1, 0.15) is 17.6 Å². The molecule has 1 saturated heterocycles. The van der Waals surface area contributed by atoms with Gasteiger partial charge in [-0.05, 0) is 23.8 Å². The van der Waals surface area contributed by atoms with Crippen molar-refractivity contribution in [3.05, 3.63) is 65.6 Å². The highest BCUT2D eigenvalue weighted by Crippen LogP contribution is 2.35. The van der Waals surface area contributed by atoms with Crippen LogP contribution in [-0.4, -0.2) is 43.5 Å². The zero-order valence-corrected chi connectivity index (χ0v) is 16.3. The lowest BCUT2D eigenvalue weighted by atomic mass is 10.1.